The van der Waals surface area contributed by atoms with Crippen molar-refractivity contribution >= 4 is 17.3 Å². The van der Waals surface area contributed by atoms with E-state index in [0.717, 1.165) is 28.8 Å². The number of nitrogens with two attached hydrogens (primary N) is 1. The van der Waals surface area contributed by atoms with Crippen molar-refractivity contribution in [2.24, 2.45) is 0 Å². The van der Waals surface area contributed by atoms with Crippen molar-refractivity contribution in [3.63, 3.8) is 0 Å². The van der Waals surface area contributed by atoms with Crippen molar-refractivity contribution in [1.82, 2.24) is 4.90 Å². The van der Waals surface area contributed by atoms with Crippen LogP contribution < -0.4 is 5.73 Å². The Morgan fingerprint density at radius 3 is 2.69 bits per heavy atom. The number of anilines is 1. The summed E-state index contributed by atoms with van der Waals surface area (Å²) in [6.07, 6.45) is 4.93. The standard InChI is InChI=1S/C14H20N2/c1-5-11(2)13-8-6-7-12(14(13)15)9-10-16(3)4/h6-10H,2,5,15H2,1,3-4H3/b10-9+. The van der Waals surface area contributed by atoms with E-state index in [9.17, 15) is 0 Å². The predicted molar refractivity (Wildman–Crippen MR) is 72.9 cm³/mol. The van der Waals surface area contributed by atoms with Gasteiger partial charge in [-0.3, -0.25) is 0 Å². The molecular weight excluding hydrogens is 196 g/mol. The van der Waals surface area contributed by atoms with Crippen LogP contribution >= 0.6 is 0 Å². The molecule has 0 aliphatic heterocycles. The molecule has 0 saturated carbocycles. The lowest BCUT2D eigenvalue weighted by Gasteiger charge is -2.10. The summed E-state index contributed by atoms with van der Waals surface area (Å²) >= 11 is 0. The Morgan fingerprint density at radius 1 is 1.44 bits per heavy atom. The largest absolute Gasteiger partial charge is 0.398 e. The van der Waals surface area contributed by atoms with Gasteiger partial charge >= 0.3 is 0 Å². The molecule has 0 heterocycles. The second kappa shape index (κ2) is 5.40. The molecule has 2 N–H and O–H groups in total. The van der Waals surface area contributed by atoms with E-state index in [1.165, 1.54) is 0 Å². The summed E-state index contributed by atoms with van der Waals surface area (Å²) in [6.45, 7) is 6.11. The molecule has 0 aliphatic carbocycles. The molecular formula is C14H20N2. The second-order valence-electron chi connectivity index (χ2n) is 4.04. The first-order valence-corrected chi connectivity index (χ1v) is 5.47. The van der Waals surface area contributed by atoms with Gasteiger partial charge in [-0.2, -0.15) is 0 Å². The fraction of sp³-hybridized carbons (Fsp3) is 0.286. The van der Waals surface area contributed by atoms with Gasteiger partial charge < -0.3 is 10.6 Å². The van der Waals surface area contributed by atoms with Crippen molar-refractivity contribution in [1.29, 1.82) is 0 Å². The van der Waals surface area contributed by atoms with Crippen LogP contribution in [0.15, 0.2) is 31.0 Å². The maximum Gasteiger partial charge on any atom is 0.0464 e. The van der Waals surface area contributed by atoms with Crippen molar-refractivity contribution in [2.45, 2.75) is 13.3 Å². The van der Waals surface area contributed by atoms with Gasteiger partial charge in [-0.25, -0.2) is 0 Å². The SMILES string of the molecule is C=C(CC)c1cccc(/C=C/N(C)C)c1N. The van der Waals surface area contributed by atoms with Gasteiger partial charge in [0.25, 0.3) is 0 Å². The molecule has 2 nitrogen and oxygen atoms in total. The second-order valence-corrected chi connectivity index (χ2v) is 4.04. The van der Waals surface area contributed by atoms with Crippen LogP contribution in [0.25, 0.3) is 11.6 Å². The van der Waals surface area contributed by atoms with Gasteiger partial charge in [-0.1, -0.05) is 31.7 Å². The molecule has 16 heavy (non-hydrogen) atoms. The van der Waals surface area contributed by atoms with Crippen LogP contribution in [0.2, 0.25) is 0 Å². The Labute approximate surface area is 98.1 Å². The van der Waals surface area contributed by atoms with Crippen molar-refractivity contribution in [3.05, 3.63) is 42.1 Å². The third-order valence-corrected chi connectivity index (χ3v) is 2.50. The Hall–Kier alpha value is -1.70. The van der Waals surface area contributed by atoms with Crippen LogP contribution in [0.4, 0.5) is 5.69 Å². The molecule has 0 atom stereocenters. The van der Waals surface area contributed by atoms with Crippen LogP contribution in [0.1, 0.15) is 24.5 Å². The Kier molecular flexibility index (Phi) is 4.18. The minimum Gasteiger partial charge on any atom is -0.398 e. The maximum atomic E-state index is 6.12. The molecule has 2 heteroatoms. The van der Waals surface area contributed by atoms with E-state index in [-0.39, 0.29) is 0 Å². The number of nitrogen functional groups attached to an aromatic ring is 1. The van der Waals surface area contributed by atoms with Gasteiger partial charge in [0.15, 0.2) is 0 Å². The molecule has 0 fully saturated rings. The molecule has 1 rings (SSSR count). The van der Waals surface area contributed by atoms with E-state index in [2.05, 4.69) is 13.5 Å². The lowest BCUT2D eigenvalue weighted by Crippen LogP contribution is -2.01. The maximum absolute atomic E-state index is 6.12. The minimum atomic E-state index is 0.812. The van der Waals surface area contributed by atoms with Gasteiger partial charge in [0, 0.05) is 25.3 Å². The summed E-state index contributed by atoms with van der Waals surface area (Å²) < 4.78 is 0. The Morgan fingerprint density at radius 2 is 2.12 bits per heavy atom. The third kappa shape index (κ3) is 2.89. The summed E-state index contributed by atoms with van der Waals surface area (Å²) in [6, 6.07) is 6.05. The number of rotatable bonds is 4. The average Bonchev–Trinajstić information content (AvgIpc) is 2.26. The number of hydrogen-bond donors (Lipinski definition) is 1. The highest BCUT2D eigenvalue weighted by Gasteiger charge is 2.04. The highest BCUT2D eigenvalue weighted by atomic mass is 15.0. The van der Waals surface area contributed by atoms with Gasteiger partial charge in [0.05, 0.1) is 0 Å². The van der Waals surface area contributed by atoms with Crippen LogP contribution in [-0.4, -0.2) is 19.0 Å². The third-order valence-electron chi connectivity index (χ3n) is 2.50. The zero-order valence-corrected chi connectivity index (χ0v) is 10.3. The van der Waals surface area contributed by atoms with E-state index >= 15 is 0 Å². The van der Waals surface area contributed by atoms with Crippen LogP contribution in [0.5, 0.6) is 0 Å². The highest BCUT2D eigenvalue weighted by molar-refractivity contribution is 5.79. The van der Waals surface area contributed by atoms with E-state index in [1.807, 2.05) is 49.5 Å². The predicted octanol–water partition coefficient (Wildman–Crippen LogP) is 3.22. The molecule has 0 amide bonds. The summed E-state index contributed by atoms with van der Waals surface area (Å²) in [5, 5.41) is 0. The number of hydrogen-bond acceptors (Lipinski definition) is 2. The minimum absolute atomic E-state index is 0.812. The smallest absolute Gasteiger partial charge is 0.0464 e. The lowest BCUT2D eigenvalue weighted by molar-refractivity contribution is 0.567. The molecule has 86 valence electrons. The summed E-state index contributed by atoms with van der Waals surface area (Å²) in [7, 11) is 3.98. The zero-order chi connectivity index (χ0) is 12.1. The van der Waals surface area contributed by atoms with Crippen LogP contribution in [-0.2, 0) is 0 Å². The number of para-hydroxylation sites is 1. The first kappa shape index (κ1) is 12.4. The van der Waals surface area contributed by atoms with E-state index < -0.39 is 0 Å². The molecule has 0 aromatic heterocycles. The first-order valence-electron chi connectivity index (χ1n) is 5.47. The number of allylic oxidation sites excluding steroid dienone is 1. The Balaban J connectivity index is 3.09. The highest BCUT2D eigenvalue weighted by Crippen LogP contribution is 2.26. The van der Waals surface area contributed by atoms with Gasteiger partial charge in [-0.05, 0) is 29.8 Å². The summed E-state index contributed by atoms with van der Waals surface area (Å²) in [5.74, 6) is 0. The van der Waals surface area contributed by atoms with E-state index in [1.54, 1.807) is 0 Å². The molecule has 0 aliphatic rings. The molecule has 0 bridgehead atoms. The zero-order valence-electron chi connectivity index (χ0n) is 10.3. The number of nitrogens with zero attached hydrogens (tertiary/aromatic N) is 1. The van der Waals surface area contributed by atoms with E-state index in [0.29, 0.717) is 0 Å². The van der Waals surface area contributed by atoms with Gasteiger partial charge in [0.1, 0.15) is 0 Å². The molecule has 0 saturated heterocycles. The van der Waals surface area contributed by atoms with E-state index in [4.69, 9.17) is 5.73 Å². The van der Waals surface area contributed by atoms with Crippen LogP contribution in [0, 0.1) is 0 Å². The topological polar surface area (TPSA) is 29.3 Å². The fourth-order valence-electron chi connectivity index (χ4n) is 1.46. The summed E-state index contributed by atoms with van der Waals surface area (Å²) in [5.41, 5.74) is 10.1. The van der Waals surface area contributed by atoms with Gasteiger partial charge in [-0.15, -0.1) is 0 Å². The average molecular weight is 216 g/mol. The normalized spacial score (nSPS) is 10.7. The monoisotopic (exact) mass is 216 g/mol. The van der Waals surface area contributed by atoms with Crippen LogP contribution in [0.3, 0.4) is 0 Å². The quantitative estimate of drug-likeness (QED) is 0.783. The van der Waals surface area contributed by atoms with Gasteiger partial charge in [0.2, 0.25) is 0 Å². The molecule has 0 spiro atoms. The molecule has 0 unspecified atom stereocenters. The first-order chi connectivity index (χ1) is 7.56. The van der Waals surface area contributed by atoms with Crippen molar-refractivity contribution < 1.29 is 0 Å². The van der Waals surface area contributed by atoms with Crippen molar-refractivity contribution in [3.8, 4) is 0 Å². The molecule has 1 aromatic carbocycles. The number of benzene rings is 1. The van der Waals surface area contributed by atoms with Crippen molar-refractivity contribution in [2.75, 3.05) is 19.8 Å². The molecule has 1 aromatic rings. The summed E-state index contributed by atoms with van der Waals surface area (Å²) in [4.78, 5) is 1.99. The fourth-order valence-corrected chi connectivity index (χ4v) is 1.46. The molecule has 0 radical (unpaired) electrons. The Bertz CT molecular complexity index is 403. The lowest BCUT2D eigenvalue weighted by atomic mass is 10.00.